The van der Waals surface area contributed by atoms with E-state index in [2.05, 4.69) is 0 Å². The Hall–Kier alpha value is -7.16. The molecule has 2 nitrogen and oxygen atoms in total. The molecule has 10 aromatic rings. The van der Waals surface area contributed by atoms with Gasteiger partial charge in [-0.2, -0.15) is 0 Å². The molecule has 1 aromatic heterocycles. The summed E-state index contributed by atoms with van der Waals surface area (Å²) in [7, 11) is 0. The average molecular weight is 725 g/mol. The molecule has 254 valence electrons. The molecule has 10 rings (SSSR count). The monoisotopic (exact) mass is 724 g/mol. The molecule has 0 N–H and O–H groups in total. The highest BCUT2D eigenvalue weighted by Gasteiger charge is 2.23. The van der Waals surface area contributed by atoms with Crippen molar-refractivity contribution in [1.29, 1.82) is 0 Å². The first-order valence-electron chi connectivity index (χ1n) is 33.1. The lowest BCUT2D eigenvalue weighted by Gasteiger charge is -2.28. The summed E-state index contributed by atoms with van der Waals surface area (Å²) >= 11 is 0. The summed E-state index contributed by atoms with van der Waals surface area (Å²) in [6.45, 7) is 0. The third kappa shape index (κ3) is 5.62. The van der Waals surface area contributed by atoms with Crippen LogP contribution in [0.2, 0.25) is 0 Å². The minimum absolute atomic E-state index is 0.279. The van der Waals surface area contributed by atoms with Crippen LogP contribution in [-0.2, 0) is 0 Å². The van der Waals surface area contributed by atoms with E-state index in [1.807, 2.05) is 0 Å². The molecule has 0 aliphatic carbocycles. The van der Waals surface area contributed by atoms with Gasteiger partial charge in [0.25, 0.3) is 0 Å². The highest BCUT2D eigenvalue weighted by atomic mass is 16.3. The van der Waals surface area contributed by atoms with E-state index in [4.69, 9.17) is 33.2 Å². The zero-order chi connectivity index (χ0) is 66.3. The van der Waals surface area contributed by atoms with Crippen molar-refractivity contribution in [1.82, 2.24) is 0 Å². The summed E-state index contributed by atoms with van der Waals surface area (Å²) in [5.74, 6) is 0. The largest absolute Gasteiger partial charge is 0.455 e. The molecular weight excluding hydrogens is 655 g/mol. The second-order valence-corrected chi connectivity index (χ2v) is 11.0. The quantitative estimate of drug-likeness (QED) is 0.163. The fraction of sp³-hybridized carbons (Fsp3) is 0. The first-order valence-corrected chi connectivity index (χ1v) is 15.6. The van der Waals surface area contributed by atoms with Crippen molar-refractivity contribution in [2.45, 2.75) is 0 Å². The van der Waals surface area contributed by atoms with Crippen molar-refractivity contribution in [2.75, 3.05) is 4.90 Å². The highest BCUT2D eigenvalue weighted by molar-refractivity contribution is 6.17. The lowest BCUT2D eigenvalue weighted by Crippen LogP contribution is -2.11. The van der Waals surface area contributed by atoms with Crippen LogP contribution in [0.3, 0.4) is 0 Å². The van der Waals surface area contributed by atoms with E-state index in [9.17, 15) is 19.2 Å². The molecular formula is C52H35NO. The first-order chi connectivity index (χ1) is 41.4. The summed E-state index contributed by atoms with van der Waals surface area (Å²) in [5, 5.41) is -3.18. The molecule has 0 spiro atoms. The van der Waals surface area contributed by atoms with Crippen LogP contribution in [0.1, 0.15) is 48.0 Å². The molecule has 0 unspecified atom stereocenters. The number of hydrogen-bond acceptors (Lipinski definition) is 2. The van der Waals surface area contributed by atoms with Crippen LogP contribution in [0, 0.1) is 0 Å². The number of rotatable bonds is 7. The summed E-state index contributed by atoms with van der Waals surface area (Å²) in [6.07, 6.45) is 0. The summed E-state index contributed by atoms with van der Waals surface area (Å²) in [4.78, 5) is 0.279. The van der Waals surface area contributed by atoms with Crippen molar-refractivity contribution in [2.24, 2.45) is 0 Å². The molecule has 0 radical (unpaired) electrons. The Balaban J connectivity index is 1.53. The minimum atomic E-state index is -1.44. The van der Waals surface area contributed by atoms with Crippen molar-refractivity contribution in [3.63, 3.8) is 0 Å². The Morgan fingerprint density at radius 1 is 0.370 bits per heavy atom. The van der Waals surface area contributed by atoms with E-state index in [1.54, 1.807) is 0 Å². The summed E-state index contributed by atoms with van der Waals surface area (Å²) < 4.78 is 324. The SMILES string of the molecule is [2H]c1c([2H])c([2H])c(-c2c([2H])c([2H])c([2H])c(N(c3c([2H])c([2H])c([2H])c(-c4c([2H])c([2H])c([2H])c([2H])c4-c4c([2H])c([2H])c([2H])c([2H])c4[2H])c3[2H])c3c([2H])c([2H])c(-c4c([2H])c([2H])c5c([2H])c([2H])c([2H])c([2H])c5c4[2H])c4oc5c([2H])c([2H])c([2H])c([2H])c5c34)c2[2H])c([2H])c1[2H]. The van der Waals surface area contributed by atoms with Crippen LogP contribution in [-0.4, -0.2) is 0 Å². The van der Waals surface area contributed by atoms with Gasteiger partial charge in [0, 0.05) is 22.3 Å². The molecule has 0 atom stereocenters. The number of anilines is 3. The van der Waals surface area contributed by atoms with Gasteiger partial charge in [-0.15, -0.1) is 0 Å². The second-order valence-electron chi connectivity index (χ2n) is 11.0. The van der Waals surface area contributed by atoms with Crippen molar-refractivity contribution in [3.05, 3.63) is 211 Å². The maximum Gasteiger partial charge on any atom is 0.145 e. The predicted octanol–water partition coefficient (Wildman–Crippen LogP) is 14.9. The van der Waals surface area contributed by atoms with E-state index in [0.717, 1.165) is 0 Å². The molecule has 0 bridgehead atoms. The van der Waals surface area contributed by atoms with Gasteiger partial charge < -0.3 is 9.32 Å². The van der Waals surface area contributed by atoms with Gasteiger partial charge >= 0.3 is 0 Å². The normalized spacial score (nSPS) is 20.4. The molecule has 0 amide bonds. The third-order valence-corrected chi connectivity index (χ3v) is 7.94. The highest BCUT2D eigenvalue weighted by Crippen LogP contribution is 2.47. The molecule has 1 heterocycles. The lowest BCUT2D eigenvalue weighted by atomic mass is 9.94. The Bertz CT molecular complexity index is 4920. The fourth-order valence-electron chi connectivity index (χ4n) is 5.63. The molecule has 0 saturated carbocycles. The number of hydrogen-bond donors (Lipinski definition) is 0. The van der Waals surface area contributed by atoms with E-state index in [0.29, 0.717) is 0 Å². The topological polar surface area (TPSA) is 16.4 Å². The average Bonchev–Trinajstić information content (AvgIpc) is 1.71. The Morgan fingerprint density at radius 3 is 1.72 bits per heavy atom. The molecule has 9 aromatic carbocycles. The van der Waals surface area contributed by atoms with Crippen molar-refractivity contribution >= 4 is 49.8 Å². The number of para-hydroxylation sites is 1. The van der Waals surface area contributed by atoms with Gasteiger partial charge in [0.1, 0.15) is 11.2 Å². The Morgan fingerprint density at radius 2 is 0.944 bits per heavy atom. The van der Waals surface area contributed by atoms with Crippen molar-refractivity contribution < 1.29 is 52.4 Å². The Labute approximate surface area is 364 Å². The Kier molecular flexibility index (Phi) is 2.97. The fourth-order valence-corrected chi connectivity index (χ4v) is 5.63. The number of nitrogens with zero attached hydrogens (tertiary/aromatic N) is 1. The maximum atomic E-state index is 10.2. The molecule has 0 fully saturated rings. The van der Waals surface area contributed by atoms with Crippen molar-refractivity contribution in [3.8, 4) is 44.5 Å². The van der Waals surface area contributed by atoms with Gasteiger partial charge in [-0.3, -0.25) is 0 Å². The summed E-state index contributed by atoms with van der Waals surface area (Å²) in [5.41, 5.74) is -13.9. The van der Waals surface area contributed by atoms with Gasteiger partial charge in [-0.1, -0.05) is 163 Å². The predicted molar refractivity (Wildman–Crippen MR) is 228 cm³/mol. The molecule has 0 aliphatic heterocycles. The van der Waals surface area contributed by atoms with Crippen LogP contribution >= 0.6 is 0 Å². The molecule has 0 saturated heterocycles. The standard InChI is InChI=1S/C52H35NO/c1-3-15-36(16-4-1)40-21-13-23-43(34-40)53(44-24-14-22-41(35-44)46-26-10-9-25-45(46)38-18-5-2-6-19-38)49-32-31-47(42-30-29-37-17-7-8-20-39(37)33-42)52-51(49)48-27-11-12-28-50(48)54-52/h1-35H/i1D,2D,3D,4D,5D,6D,7D,8D,9D,10D,11D,12D,13D,14D,15D,16D,17D,18D,19D,20D,21D,22D,23D,24D,25D,26D,27D,28D,29D,30D,31D,32D,33D,34D,35D. The maximum absolute atomic E-state index is 10.2. The van der Waals surface area contributed by atoms with Gasteiger partial charge in [0.2, 0.25) is 0 Å². The van der Waals surface area contributed by atoms with Gasteiger partial charge in [0.05, 0.1) is 59.1 Å². The molecule has 2 heteroatoms. The minimum Gasteiger partial charge on any atom is -0.455 e. The first kappa shape index (κ1) is 11.9. The van der Waals surface area contributed by atoms with Crippen LogP contribution in [0.15, 0.2) is 216 Å². The number of fused-ring (bicyclic) bond motifs is 4. The van der Waals surface area contributed by atoms with Crippen LogP contribution in [0.4, 0.5) is 17.1 Å². The van der Waals surface area contributed by atoms with Gasteiger partial charge in [-0.25, -0.2) is 0 Å². The smallest absolute Gasteiger partial charge is 0.145 e. The third-order valence-electron chi connectivity index (χ3n) is 7.94. The van der Waals surface area contributed by atoms with E-state index in [-0.39, 0.29) is 4.90 Å². The zero-order valence-corrected chi connectivity index (χ0v) is 26.9. The number of furan rings is 1. The van der Waals surface area contributed by atoms with E-state index >= 15 is 0 Å². The van der Waals surface area contributed by atoms with Crippen LogP contribution in [0.25, 0.3) is 77.2 Å². The zero-order valence-electron chi connectivity index (χ0n) is 61.9. The lowest BCUT2D eigenvalue weighted by molar-refractivity contribution is 0.670. The van der Waals surface area contributed by atoms with E-state index in [1.165, 1.54) is 0 Å². The molecule has 54 heavy (non-hydrogen) atoms. The summed E-state index contributed by atoms with van der Waals surface area (Å²) in [6, 6.07) is -39.7. The van der Waals surface area contributed by atoms with Crippen LogP contribution < -0.4 is 4.90 Å². The molecule has 0 aliphatic rings. The van der Waals surface area contributed by atoms with Crippen LogP contribution in [0.5, 0.6) is 0 Å². The van der Waals surface area contributed by atoms with E-state index < -0.39 is 306 Å². The van der Waals surface area contributed by atoms with Gasteiger partial charge in [-0.05, 0) is 98.1 Å². The van der Waals surface area contributed by atoms with Gasteiger partial charge in [0.15, 0.2) is 0 Å². The number of benzene rings is 9. The second kappa shape index (κ2) is 13.4.